The fourth-order valence-electron chi connectivity index (χ4n) is 2.67. The van der Waals surface area contributed by atoms with Crippen molar-refractivity contribution in [1.82, 2.24) is 0 Å². The molecule has 2 nitrogen and oxygen atoms in total. The van der Waals surface area contributed by atoms with Crippen LogP contribution in [0.25, 0.3) is 0 Å². The Labute approximate surface area is 96.8 Å². The highest BCUT2D eigenvalue weighted by molar-refractivity contribution is 5.35. The molecule has 0 aromatic heterocycles. The predicted molar refractivity (Wildman–Crippen MR) is 64.6 cm³/mol. The van der Waals surface area contributed by atoms with Crippen LogP contribution in [0.1, 0.15) is 36.3 Å². The number of ether oxygens (including phenoxy) is 1. The van der Waals surface area contributed by atoms with Crippen LogP contribution in [0.3, 0.4) is 0 Å². The molecule has 2 fully saturated rings. The minimum atomic E-state index is 0.324. The summed E-state index contributed by atoms with van der Waals surface area (Å²) in [7, 11) is 0. The smallest absolute Gasteiger partial charge is 0.0535 e. The van der Waals surface area contributed by atoms with Crippen LogP contribution in [0.4, 0.5) is 0 Å². The van der Waals surface area contributed by atoms with Crippen LogP contribution in [-0.2, 0) is 10.2 Å². The Hall–Kier alpha value is -0.860. The molecule has 1 saturated carbocycles. The average Bonchev–Trinajstić information content (AvgIpc) is 2.96. The molecule has 16 heavy (non-hydrogen) atoms. The summed E-state index contributed by atoms with van der Waals surface area (Å²) in [5.41, 5.74) is 9.02. The second kappa shape index (κ2) is 3.86. The normalized spacial score (nSPS) is 26.9. The Kier molecular flexibility index (Phi) is 2.49. The number of hydrogen-bond donors (Lipinski definition) is 1. The quantitative estimate of drug-likeness (QED) is 0.842. The summed E-state index contributed by atoms with van der Waals surface area (Å²) in [6.45, 7) is 2.60. The number of nitrogens with two attached hydrogens (primary N) is 1. The molecular weight excluding hydrogens is 198 g/mol. The topological polar surface area (TPSA) is 35.2 Å². The van der Waals surface area contributed by atoms with E-state index in [0.29, 0.717) is 11.3 Å². The maximum Gasteiger partial charge on any atom is 0.0535 e. The van der Waals surface area contributed by atoms with Crippen molar-refractivity contribution in [1.29, 1.82) is 0 Å². The van der Waals surface area contributed by atoms with Gasteiger partial charge in [0, 0.05) is 24.5 Å². The third-order valence-corrected chi connectivity index (χ3v) is 4.17. The largest absolute Gasteiger partial charge is 0.381 e. The van der Waals surface area contributed by atoms with E-state index in [9.17, 15) is 0 Å². The molecule has 0 radical (unpaired) electrons. The van der Waals surface area contributed by atoms with Gasteiger partial charge in [-0.15, -0.1) is 0 Å². The SMILES string of the molecule is NCC1(c2ccc(C3CCOC3)cc2)CC1. The Bertz CT molecular complexity index is 361. The second-order valence-corrected chi connectivity index (χ2v) is 5.17. The van der Waals surface area contributed by atoms with E-state index < -0.39 is 0 Å². The zero-order valence-electron chi connectivity index (χ0n) is 9.61. The zero-order valence-corrected chi connectivity index (χ0v) is 9.61. The summed E-state index contributed by atoms with van der Waals surface area (Å²) in [4.78, 5) is 0. The maximum atomic E-state index is 5.84. The van der Waals surface area contributed by atoms with Crippen molar-refractivity contribution in [2.45, 2.75) is 30.6 Å². The van der Waals surface area contributed by atoms with Crippen LogP contribution in [0, 0.1) is 0 Å². The Morgan fingerprint density at radius 2 is 2.00 bits per heavy atom. The van der Waals surface area contributed by atoms with Gasteiger partial charge in [0.05, 0.1) is 6.61 Å². The highest BCUT2D eigenvalue weighted by Crippen LogP contribution is 2.47. The van der Waals surface area contributed by atoms with Gasteiger partial charge in [0.25, 0.3) is 0 Å². The Morgan fingerprint density at radius 1 is 1.25 bits per heavy atom. The monoisotopic (exact) mass is 217 g/mol. The molecule has 2 heteroatoms. The van der Waals surface area contributed by atoms with Gasteiger partial charge in [-0.05, 0) is 30.4 Å². The lowest BCUT2D eigenvalue weighted by Gasteiger charge is -2.14. The van der Waals surface area contributed by atoms with E-state index in [1.807, 2.05) is 0 Å². The van der Waals surface area contributed by atoms with E-state index in [1.165, 1.54) is 30.4 Å². The van der Waals surface area contributed by atoms with Gasteiger partial charge in [-0.25, -0.2) is 0 Å². The van der Waals surface area contributed by atoms with Crippen molar-refractivity contribution in [3.05, 3.63) is 35.4 Å². The number of rotatable bonds is 3. The van der Waals surface area contributed by atoms with E-state index in [1.54, 1.807) is 0 Å². The van der Waals surface area contributed by atoms with Gasteiger partial charge in [-0.2, -0.15) is 0 Å². The van der Waals surface area contributed by atoms with Gasteiger partial charge in [0.1, 0.15) is 0 Å². The highest BCUT2D eigenvalue weighted by atomic mass is 16.5. The molecular formula is C14H19NO. The summed E-state index contributed by atoms with van der Waals surface area (Å²) in [5.74, 6) is 0.613. The van der Waals surface area contributed by atoms with Crippen molar-refractivity contribution in [3.63, 3.8) is 0 Å². The first-order valence-corrected chi connectivity index (χ1v) is 6.22. The van der Waals surface area contributed by atoms with Gasteiger partial charge >= 0.3 is 0 Å². The van der Waals surface area contributed by atoms with E-state index in [-0.39, 0.29) is 0 Å². The molecule has 0 bridgehead atoms. The van der Waals surface area contributed by atoms with Crippen LogP contribution in [0.5, 0.6) is 0 Å². The number of benzene rings is 1. The summed E-state index contributed by atoms with van der Waals surface area (Å²) >= 11 is 0. The van der Waals surface area contributed by atoms with E-state index in [4.69, 9.17) is 10.5 Å². The molecule has 0 amide bonds. The van der Waals surface area contributed by atoms with Crippen LogP contribution >= 0.6 is 0 Å². The van der Waals surface area contributed by atoms with Crippen molar-refractivity contribution < 1.29 is 4.74 Å². The van der Waals surface area contributed by atoms with Gasteiger partial charge in [-0.1, -0.05) is 24.3 Å². The molecule has 1 aliphatic carbocycles. The summed E-state index contributed by atoms with van der Waals surface area (Å²) < 4.78 is 5.42. The molecule has 1 saturated heterocycles. The summed E-state index contributed by atoms with van der Waals surface area (Å²) in [5, 5.41) is 0. The Morgan fingerprint density at radius 3 is 2.50 bits per heavy atom. The van der Waals surface area contributed by atoms with E-state index >= 15 is 0 Å². The van der Waals surface area contributed by atoms with Gasteiger partial charge in [0.2, 0.25) is 0 Å². The van der Waals surface area contributed by atoms with Gasteiger partial charge < -0.3 is 10.5 Å². The van der Waals surface area contributed by atoms with Crippen LogP contribution in [-0.4, -0.2) is 19.8 Å². The van der Waals surface area contributed by atoms with E-state index in [2.05, 4.69) is 24.3 Å². The van der Waals surface area contributed by atoms with Gasteiger partial charge in [-0.3, -0.25) is 0 Å². The first-order valence-electron chi connectivity index (χ1n) is 6.22. The molecule has 1 aromatic carbocycles. The standard InChI is InChI=1S/C14H19NO/c15-10-14(6-7-14)13-3-1-11(2-4-13)12-5-8-16-9-12/h1-4,12H,5-10,15H2. The zero-order chi connectivity index (χ0) is 11.0. The van der Waals surface area contributed by atoms with Crippen molar-refractivity contribution in [2.24, 2.45) is 5.73 Å². The fourth-order valence-corrected chi connectivity index (χ4v) is 2.67. The Balaban J connectivity index is 1.79. The maximum absolute atomic E-state index is 5.84. The minimum absolute atomic E-state index is 0.324. The lowest BCUT2D eigenvalue weighted by Crippen LogP contribution is -2.19. The first kappa shape index (κ1) is 10.3. The van der Waals surface area contributed by atoms with Crippen molar-refractivity contribution in [2.75, 3.05) is 19.8 Å². The molecule has 1 atom stereocenters. The van der Waals surface area contributed by atoms with Crippen molar-refractivity contribution in [3.8, 4) is 0 Å². The summed E-state index contributed by atoms with van der Waals surface area (Å²) in [6, 6.07) is 9.08. The van der Waals surface area contributed by atoms with Gasteiger partial charge in [0.15, 0.2) is 0 Å². The van der Waals surface area contributed by atoms with E-state index in [0.717, 1.165) is 19.8 Å². The fraction of sp³-hybridized carbons (Fsp3) is 0.571. The van der Waals surface area contributed by atoms with Crippen LogP contribution in [0.15, 0.2) is 24.3 Å². The minimum Gasteiger partial charge on any atom is -0.381 e. The molecule has 1 unspecified atom stereocenters. The lowest BCUT2D eigenvalue weighted by molar-refractivity contribution is 0.194. The molecule has 1 heterocycles. The average molecular weight is 217 g/mol. The molecule has 1 aromatic rings. The van der Waals surface area contributed by atoms with Crippen LogP contribution in [0.2, 0.25) is 0 Å². The molecule has 86 valence electrons. The first-order chi connectivity index (χ1) is 7.84. The second-order valence-electron chi connectivity index (χ2n) is 5.17. The molecule has 2 aliphatic rings. The lowest BCUT2D eigenvalue weighted by atomic mass is 9.92. The highest BCUT2D eigenvalue weighted by Gasteiger charge is 2.42. The third kappa shape index (κ3) is 1.66. The molecule has 0 spiro atoms. The van der Waals surface area contributed by atoms with Crippen molar-refractivity contribution >= 4 is 0 Å². The third-order valence-electron chi connectivity index (χ3n) is 4.17. The van der Waals surface area contributed by atoms with Crippen LogP contribution < -0.4 is 5.73 Å². The number of hydrogen-bond acceptors (Lipinski definition) is 2. The predicted octanol–water partition coefficient (Wildman–Crippen LogP) is 2.18. The molecule has 2 N–H and O–H groups in total. The summed E-state index contributed by atoms with van der Waals surface area (Å²) in [6.07, 6.45) is 3.69. The molecule has 3 rings (SSSR count). The molecule has 1 aliphatic heterocycles.